The number of halogens is 2. The number of aliphatic hydroxyl groups is 1. The first kappa shape index (κ1) is 49.3. The number of aromatic nitrogens is 1. The molecule has 65 heavy (non-hydrogen) atoms. The van der Waals surface area contributed by atoms with E-state index in [4.69, 9.17) is 15.2 Å². The van der Waals surface area contributed by atoms with E-state index in [1.165, 1.54) is 4.90 Å². The van der Waals surface area contributed by atoms with Crippen LogP contribution in [0.1, 0.15) is 74.9 Å². The van der Waals surface area contributed by atoms with Gasteiger partial charge in [0.25, 0.3) is 0 Å². The van der Waals surface area contributed by atoms with Gasteiger partial charge in [0.1, 0.15) is 37.5 Å². The van der Waals surface area contributed by atoms with Crippen LogP contribution >= 0.6 is 0 Å². The molecule has 15 heteroatoms. The summed E-state index contributed by atoms with van der Waals surface area (Å²) in [4.78, 5) is 67.1. The SMILES string of the molecule is CC(C)(C)[C@H](c1cc(-c2cc(F)ccc2F)cn1Cc1ccccc1)N(CC[C@H](N)C(=O)NCCC(=O)N[C@H](CCC(=O)OCc1ccccc1)C(=O)OCc1ccccc1)C(=O)CO. The first-order chi connectivity index (χ1) is 31.1. The highest BCUT2D eigenvalue weighted by molar-refractivity contribution is 5.86. The molecule has 4 aromatic carbocycles. The van der Waals surface area contributed by atoms with Crippen molar-refractivity contribution >= 4 is 29.7 Å². The van der Waals surface area contributed by atoms with Crippen molar-refractivity contribution in [1.29, 1.82) is 0 Å². The second kappa shape index (κ2) is 23.8. The van der Waals surface area contributed by atoms with E-state index in [1.54, 1.807) is 36.5 Å². The van der Waals surface area contributed by atoms with Crippen molar-refractivity contribution in [3.63, 3.8) is 0 Å². The summed E-state index contributed by atoms with van der Waals surface area (Å²) in [5.74, 6) is -4.40. The Kier molecular flexibility index (Phi) is 18.1. The van der Waals surface area contributed by atoms with Crippen LogP contribution in [-0.2, 0) is 53.2 Å². The molecule has 0 aliphatic heterocycles. The van der Waals surface area contributed by atoms with Crippen LogP contribution in [0.2, 0.25) is 0 Å². The van der Waals surface area contributed by atoms with Crippen LogP contribution in [0.5, 0.6) is 0 Å². The normalized spacial score (nSPS) is 12.7. The maximum atomic E-state index is 15.1. The van der Waals surface area contributed by atoms with Crippen molar-refractivity contribution in [1.82, 2.24) is 20.1 Å². The molecule has 0 saturated heterocycles. The molecule has 1 aromatic heterocycles. The summed E-state index contributed by atoms with van der Waals surface area (Å²) in [5.41, 5.74) is 9.09. The molecule has 0 spiro atoms. The molecule has 5 aromatic rings. The molecule has 0 radical (unpaired) electrons. The van der Waals surface area contributed by atoms with Gasteiger partial charge in [-0.1, -0.05) is 112 Å². The standard InChI is InChI=1S/C50H57F2N5O8/c1-50(2,3)47(43-27-37(39-28-38(51)19-20-40(39)52)30-56(43)29-34-13-7-4-8-14-34)57(45(60)31-58)26-24-41(53)48(62)54-25-23-44(59)55-42(49(63)65-33-36-17-11-6-12-18-36)21-22-46(61)64-32-35-15-9-5-10-16-35/h4-20,27-28,30,41-42,47,58H,21-26,29,31-33,53H2,1-3H3,(H,54,62)(H,55,59)/t41-,42+,47-/m0/s1. The number of nitrogens with zero attached hydrogens (tertiary/aromatic N) is 2. The highest BCUT2D eigenvalue weighted by atomic mass is 19.1. The lowest BCUT2D eigenvalue weighted by Gasteiger charge is -2.41. The monoisotopic (exact) mass is 893 g/mol. The van der Waals surface area contributed by atoms with Crippen LogP contribution in [-0.4, -0.2) is 76.0 Å². The van der Waals surface area contributed by atoms with Gasteiger partial charge in [-0.25, -0.2) is 13.6 Å². The van der Waals surface area contributed by atoms with Gasteiger partial charge in [0.05, 0.1) is 12.1 Å². The number of benzene rings is 4. The van der Waals surface area contributed by atoms with Crippen molar-refractivity contribution in [2.45, 2.75) is 84.3 Å². The van der Waals surface area contributed by atoms with Crippen LogP contribution in [0.4, 0.5) is 8.78 Å². The molecule has 3 amide bonds. The predicted octanol–water partition coefficient (Wildman–Crippen LogP) is 6.37. The minimum Gasteiger partial charge on any atom is -0.461 e. The van der Waals surface area contributed by atoms with Crippen LogP contribution in [0.3, 0.4) is 0 Å². The number of esters is 2. The zero-order chi connectivity index (χ0) is 46.9. The lowest BCUT2D eigenvalue weighted by atomic mass is 9.82. The summed E-state index contributed by atoms with van der Waals surface area (Å²) < 4.78 is 42.2. The Hall–Kier alpha value is -6.71. The summed E-state index contributed by atoms with van der Waals surface area (Å²) in [7, 11) is 0. The van der Waals surface area contributed by atoms with Crippen molar-refractivity contribution in [3.05, 3.63) is 155 Å². The fourth-order valence-electron chi connectivity index (χ4n) is 7.36. The highest BCUT2D eigenvalue weighted by Crippen LogP contribution is 2.41. The Bertz CT molecular complexity index is 2360. The van der Waals surface area contributed by atoms with Gasteiger partial charge >= 0.3 is 11.9 Å². The van der Waals surface area contributed by atoms with Gasteiger partial charge in [-0.3, -0.25) is 19.2 Å². The van der Waals surface area contributed by atoms with Crippen molar-refractivity contribution < 1.29 is 47.3 Å². The first-order valence-electron chi connectivity index (χ1n) is 21.5. The van der Waals surface area contributed by atoms with E-state index in [-0.39, 0.29) is 57.6 Å². The molecule has 0 bridgehead atoms. The van der Waals surface area contributed by atoms with Gasteiger partial charge < -0.3 is 40.4 Å². The number of rotatable bonds is 22. The molecule has 0 fully saturated rings. The zero-order valence-electron chi connectivity index (χ0n) is 36.9. The quantitative estimate of drug-likeness (QED) is 0.0575. The summed E-state index contributed by atoms with van der Waals surface area (Å²) >= 11 is 0. The molecule has 5 rings (SSSR count). The van der Waals surface area contributed by atoms with Gasteiger partial charge in [-0.05, 0) is 59.2 Å². The van der Waals surface area contributed by atoms with Crippen LogP contribution in [0.25, 0.3) is 11.1 Å². The van der Waals surface area contributed by atoms with Crippen molar-refractivity contribution in [2.75, 3.05) is 19.7 Å². The third-order valence-corrected chi connectivity index (χ3v) is 10.6. The minimum atomic E-state index is -1.18. The number of amides is 3. The summed E-state index contributed by atoms with van der Waals surface area (Å²) in [6.07, 6.45) is 1.14. The van der Waals surface area contributed by atoms with E-state index in [2.05, 4.69) is 10.6 Å². The Morgan fingerprint density at radius 3 is 1.98 bits per heavy atom. The third kappa shape index (κ3) is 14.9. The van der Waals surface area contributed by atoms with Gasteiger partial charge in [0, 0.05) is 55.5 Å². The summed E-state index contributed by atoms with van der Waals surface area (Å²) in [5, 5.41) is 15.4. The van der Waals surface area contributed by atoms with Crippen LogP contribution in [0.15, 0.2) is 121 Å². The first-order valence-corrected chi connectivity index (χ1v) is 21.5. The van der Waals surface area contributed by atoms with E-state index in [9.17, 15) is 33.5 Å². The second-order valence-electron chi connectivity index (χ2n) is 16.7. The largest absolute Gasteiger partial charge is 0.461 e. The molecule has 13 nitrogen and oxygen atoms in total. The number of ether oxygens (including phenoxy) is 2. The number of aliphatic hydroxyl groups excluding tert-OH is 1. The number of carbonyl (C=O) groups is 5. The molecule has 0 unspecified atom stereocenters. The number of nitrogens with two attached hydrogens (primary N) is 1. The number of hydrogen-bond acceptors (Lipinski definition) is 9. The van der Waals surface area contributed by atoms with E-state index in [0.717, 1.165) is 34.9 Å². The molecule has 5 N–H and O–H groups in total. The Morgan fingerprint density at radius 2 is 1.38 bits per heavy atom. The molecule has 0 aliphatic rings. The Morgan fingerprint density at radius 1 is 0.785 bits per heavy atom. The molecule has 0 saturated carbocycles. The molecular weight excluding hydrogens is 837 g/mol. The smallest absolute Gasteiger partial charge is 0.328 e. The van der Waals surface area contributed by atoms with E-state index in [0.29, 0.717) is 17.8 Å². The average molecular weight is 894 g/mol. The Balaban J connectivity index is 1.23. The van der Waals surface area contributed by atoms with E-state index >= 15 is 4.39 Å². The van der Waals surface area contributed by atoms with Crippen LogP contribution < -0.4 is 16.4 Å². The Labute approximate surface area is 377 Å². The molecule has 0 aliphatic carbocycles. The third-order valence-electron chi connectivity index (χ3n) is 10.6. The average Bonchev–Trinajstić information content (AvgIpc) is 3.70. The number of carbonyl (C=O) groups excluding carboxylic acids is 5. The van der Waals surface area contributed by atoms with Gasteiger partial charge in [-0.15, -0.1) is 0 Å². The van der Waals surface area contributed by atoms with E-state index in [1.807, 2.05) is 92.1 Å². The lowest BCUT2D eigenvalue weighted by molar-refractivity contribution is -0.150. The fraction of sp³-hybridized carbons (Fsp3) is 0.340. The minimum absolute atomic E-state index is 0.0378. The van der Waals surface area contributed by atoms with Gasteiger partial charge in [0.15, 0.2) is 0 Å². The predicted molar refractivity (Wildman–Crippen MR) is 240 cm³/mol. The van der Waals surface area contributed by atoms with Gasteiger partial charge in [0.2, 0.25) is 17.7 Å². The molecule has 3 atom stereocenters. The summed E-state index contributed by atoms with van der Waals surface area (Å²) in [6, 6.07) is 29.4. The number of nitrogens with one attached hydrogen (secondary N) is 2. The molecule has 344 valence electrons. The van der Waals surface area contributed by atoms with E-state index < -0.39 is 71.4 Å². The fourth-order valence-corrected chi connectivity index (χ4v) is 7.36. The maximum Gasteiger partial charge on any atom is 0.328 e. The molecule has 1 heterocycles. The highest BCUT2D eigenvalue weighted by Gasteiger charge is 2.37. The summed E-state index contributed by atoms with van der Waals surface area (Å²) in [6.45, 7) is 4.97. The van der Waals surface area contributed by atoms with Crippen molar-refractivity contribution in [3.8, 4) is 11.1 Å². The zero-order valence-corrected chi connectivity index (χ0v) is 36.9. The lowest BCUT2D eigenvalue weighted by Crippen LogP contribution is -2.48. The second-order valence-corrected chi connectivity index (χ2v) is 16.7. The maximum absolute atomic E-state index is 15.1. The topological polar surface area (TPSA) is 182 Å². The number of hydrogen-bond donors (Lipinski definition) is 4. The molecular formula is C50H57F2N5O8. The van der Waals surface area contributed by atoms with Gasteiger partial charge in [-0.2, -0.15) is 0 Å². The van der Waals surface area contributed by atoms with Crippen molar-refractivity contribution in [2.24, 2.45) is 11.1 Å². The van der Waals surface area contributed by atoms with Crippen LogP contribution in [0, 0.1) is 17.0 Å².